The van der Waals surface area contributed by atoms with Gasteiger partial charge in [-0.15, -0.1) is 5.10 Å². The SMILES string of the molecule is c1cc2c(cc1Nc1nncc(NCCN3CCOCC3)n1)OCO2. The molecule has 9 heteroatoms. The van der Waals surface area contributed by atoms with Crippen LogP contribution < -0.4 is 20.1 Å². The van der Waals surface area contributed by atoms with Gasteiger partial charge in [0.1, 0.15) is 0 Å². The lowest BCUT2D eigenvalue weighted by molar-refractivity contribution is 0.0398. The Bertz CT molecular complexity index is 723. The van der Waals surface area contributed by atoms with Crippen molar-refractivity contribution in [2.75, 3.05) is 56.8 Å². The van der Waals surface area contributed by atoms with Crippen LogP contribution in [0.1, 0.15) is 0 Å². The van der Waals surface area contributed by atoms with Gasteiger partial charge in [-0.25, -0.2) is 0 Å². The highest BCUT2D eigenvalue weighted by Crippen LogP contribution is 2.34. The molecule has 2 aliphatic rings. The van der Waals surface area contributed by atoms with Gasteiger partial charge in [-0.1, -0.05) is 0 Å². The number of anilines is 3. The number of hydrogen-bond donors (Lipinski definition) is 2. The van der Waals surface area contributed by atoms with Gasteiger partial charge in [-0.3, -0.25) is 4.90 Å². The first kappa shape index (κ1) is 15.9. The second-order valence-electron chi connectivity index (χ2n) is 5.74. The second-order valence-corrected chi connectivity index (χ2v) is 5.74. The van der Waals surface area contributed by atoms with Gasteiger partial charge in [-0.05, 0) is 12.1 Å². The van der Waals surface area contributed by atoms with E-state index in [1.165, 1.54) is 0 Å². The van der Waals surface area contributed by atoms with Crippen LogP contribution in [0.4, 0.5) is 17.5 Å². The first-order valence-electron chi connectivity index (χ1n) is 8.27. The molecule has 0 unspecified atom stereocenters. The Labute approximate surface area is 145 Å². The molecule has 1 saturated heterocycles. The molecule has 1 aromatic heterocycles. The van der Waals surface area contributed by atoms with E-state index in [0.29, 0.717) is 17.5 Å². The molecule has 2 aliphatic heterocycles. The molecule has 2 aromatic rings. The standard InChI is InChI=1S/C16H20N6O3/c1-2-13-14(25-11-24-13)9-12(1)19-16-20-15(10-18-21-16)17-3-4-22-5-7-23-8-6-22/h1-2,9-10H,3-8,11H2,(H2,17,19,20,21). The maximum Gasteiger partial charge on any atom is 0.249 e. The molecule has 0 atom stereocenters. The van der Waals surface area contributed by atoms with Gasteiger partial charge in [0.05, 0.1) is 19.4 Å². The lowest BCUT2D eigenvalue weighted by Gasteiger charge is -2.26. The van der Waals surface area contributed by atoms with Crippen LogP contribution in [0.15, 0.2) is 24.4 Å². The minimum atomic E-state index is 0.249. The number of morpholine rings is 1. The molecule has 0 bridgehead atoms. The molecule has 0 radical (unpaired) electrons. The molecule has 0 aliphatic carbocycles. The Morgan fingerprint density at radius 3 is 2.92 bits per heavy atom. The number of nitrogens with zero attached hydrogens (tertiary/aromatic N) is 4. The van der Waals surface area contributed by atoms with Gasteiger partial charge >= 0.3 is 0 Å². The minimum absolute atomic E-state index is 0.249. The summed E-state index contributed by atoms with van der Waals surface area (Å²) in [5.74, 6) is 2.56. The van der Waals surface area contributed by atoms with Crippen molar-refractivity contribution >= 4 is 17.5 Å². The molecule has 1 aromatic carbocycles. The maximum atomic E-state index is 5.37. The molecule has 0 spiro atoms. The van der Waals surface area contributed by atoms with E-state index in [1.807, 2.05) is 18.2 Å². The van der Waals surface area contributed by atoms with Crippen LogP contribution in [0, 0.1) is 0 Å². The van der Waals surface area contributed by atoms with E-state index in [9.17, 15) is 0 Å². The van der Waals surface area contributed by atoms with Crippen molar-refractivity contribution < 1.29 is 14.2 Å². The lowest BCUT2D eigenvalue weighted by atomic mass is 10.3. The van der Waals surface area contributed by atoms with E-state index in [4.69, 9.17) is 14.2 Å². The van der Waals surface area contributed by atoms with E-state index < -0.39 is 0 Å². The Balaban J connectivity index is 1.33. The smallest absolute Gasteiger partial charge is 0.249 e. The zero-order valence-electron chi connectivity index (χ0n) is 13.8. The molecule has 9 nitrogen and oxygen atoms in total. The summed E-state index contributed by atoms with van der Waals surface area (Å²) < 4.78 is 16.0. The first-order chi connectivity index (χ1) is 12.4. The molecule has 132 valence electrons. The Morgan fingerprint density at radius 1 is 1.12 bits per heavy atom. The molecular formula is C16H20N6O3. The fourth-order valence-electron chi connectivity index (χ4n) is 2.71. The predicted octanol–water partition coefficient (Wildman–Crippen LogP) is 1.09. The van der Waals surface area contributed by atoms with Crippen molar-refractivity contribution in [3.05, 3.63) is 24.4 Å². The van der Waals surface area contributed by atoms with E-state index in [-0.39, 0.29) is 6.79 Å². The Hall–Kier alpha value is -2.65. The van der Waals surface area contributed by atoms with Crippen LogP contribution in [0.5, 0.6) is 11.5 Å². The quantitative estimate of drug-likeness (QED) is 0.798. The first-order valence-corrected chi connectivity index (χ1v) is 8.27. The Morgan fingerprint density at radius 2 is 2.00 bits per heavy atom. The van der Waals surface area contributed by atoms with Crippen LogP contribution in [0.25, 0.3) is 0 Å². The van der Waals surface area contributed by atoms with E-state index in [0.717, 1.165) is 50.8 Å². The van der Waals surface area contributed by atoms with Gasteiger partial charge < -0.3 is 24.8 Å². The van der Waals surface area contributed by atoms with Crippen molar-refractivity contribution in [3.63, 3.8) is 0 Å². The third-order valence-electron chi connectivity index (χ3n) is 4.03. The molecule has 4 rings (SSSR count). The van der Waals surface area contributed by atoms with Crippen LogP contribution >= 0.6 is 0 Å². The van der Waals surface area contributed by atoms with Crippen LogP contribution in [-0.4, -0.2) is 66.3 Å². The van der Waals surface area contributed by atoms with E-state index in [2.05, 4.69) is 30.7 Å². The fourth-order valence-corrected chi connectivity index (χ4v) is 2.71. The van der Waals surface area contributed by atoms with Crippen LogP contribution in [0.3, 0.4) is 0 Å². The molecule has 0 saturated carbocycles. The number of hydrogen-bond acceptors (Lipinski definition) is 9. The van der Waals surface area contributed by atoms with Gasteiger partial charge in [0.15, 0.2) is 17.3 Å². The van der Waals surface area contributed by atoms with Crippen LogP contribution in [-0.2, 0) is 4.74 Å². The van der Waals surface area contributed by atoms with Gasteiger partial charge in [-0.2, -0.15) is 10.1 Å². The Kier molecular flexibility index (Phi) is 4.75. The molecule has 1 fully saturated rings. The molecule has 3 heterocycles. The third kappa shape index (κ3) is 4.06. The topological polar surface area (TPSA) is 93.7 Å². The van der Waals surface area contributed by atoms with Crippen molar-refractivity contribution in [1.29, 1.82) is 0 Å². The van der Waals surface area contributed by atoms with Gasteiger partial charge in [0, 0.05) is 37.9 Å². The van der Waals surface area contributed by atoms with Crippen molar-refractivity contribution in [2.45, 2.75) is 0 Å². The van der Waals surface area contributed by atoms with Crippen molar-refractivity contribution in [3.8, 4) is 11.5 Å². The third-order valence-corrected chi connectivity index (χ3v) is 4.03. The van der Waals surface area contributed by atoms with Crippen molar-refractivity contribution in [1.82, 2.24) is 20.1 Å². The molecular weight excluding hydrogens is 324 g/mol. The van der Waals surface area contributed by atoms with Gasteiger partial charge in [0.2, 0.25) is 12.7 Å². The summed E-state index contributed by atoms with van der Waals surface area (Å²) in [4.78, 5) is 6.79. The summed E-state index contributed by atoms with van der Waals surface area (Å²) in [5.41, 5.74) is 0.816. The maximum absolute atomic E-state index is 5.37. The summed E-state index contributed by atoms with van der Waals surface area (Å²) in [7, 11) is 0. The second kappa shape index (κ2) is 7.49. The summed E-state index contributed by atoms with van der Waals surface area (Å²) in [6, 6.07) is 5.59. The van der Waals surface area contributed by atoms with Crippen molar-refractivity contribution in [2.24, 2.45) is 0 Å². The summed E-state index contributed by atoms with van der Waals surface area (Å²) in [6.07, 6.45) is 1.62. The summed E-state index contributed by atoms with van der Waals surface area (Å²) in [6.45, 7) is 5.54. The zero-order chi connectivity index (χ0) is 16.9. The largest absolute Gasteiger partial charge is 0.454 e. The summed E-state index contributed by atoms with van der Waals surface area (Å²) in [5, 5.41) is 14.4. The predicted molar refractivity (Wildman–Crippen MR) is 91.4 cm³/mol. The van der Waals surface area contributed by atoms with E-state index >= 15 is 0 Å². The monoisotopic (exact) mass is 344 g/mol. The van der Waals surface area contributed by atoms with E-state index in [1.54, 1.807) is 6.20 Å². The normalized spacial score (nSPS) is 16.6. The fraction of sp³-hybridized carbons (Fsp3) is 0.438. The lowest BCUT2D eigenvalue weighted by Crippen LogP contribution is -2.39. The molecule has 2 N–H and O–H groups in total. The highest BCUT2D eigenvalue weighted by atomic mass is 16.7. The number of aromatic nitrogens is 3. The number of nitrogens with one attached hydrogen (secondary N) is 2. The highest BCUT2D eigenvalue weighted by molar-refractivity contribution is 5.60. The average Bonchev–Trinajstić information content (AvgIpc) is 3.11. The minimum Gasteiger partial charge on any atom is -0.454 e. The number of fused-ring (bicyclic) bond motifs is 1. The molecule has 0 amide bonds. The average molecular weight is 344 g/mol. The molecule has 25 heavy (non-hydrogen) atoms. The van der Waals surface area contributed by atoms with Crippen LogP contribution in [0.2, 0.25) is 0 Å². The zero-order valence-corrected chi connectivity index (χ0v) is 13.8. The van der Waals surface area contributed by atoms with Gasteiger partial charge in [0.25, 0.3) is 0 Å². The highest BCUT2D eigenvalue weighted by Gasteiger charge is 2.14. The number of rotatable bonds is 6. The number of benzene rings is 1. The summed E-state index contributed by atoms with van der Waals surface area (Å²) >= 11 is 0. The number of ether oxygens (including phenoxy) is 3.